The average Bonchev–Trinajstić information content (AvgIpc) is 4.12. The van der Waals surface area contributed by atoms with E-state index in [1.807, 2.05) is 0 Å². The number of aliphatic imine (C=N–C) groups is 1. The molecule has 14 aromatic rings. The van der Waals surface area contributed by atoms with Crippen molar-refractivity contribution in [3.05, 3.63) is 242 Å². The van der Waals surface area contributed by atoms with Gasteiger partial charge in [0.15, 0.2) is 0 Å². The molecular formula is C64H40N6S. The van der Waals surface area contributed by atoms with Crippen LogP contribution >= 0.6 is 11.3 Å². The van der Waals surface area contributed by atoms with Crippen LogP contribution in [0.15, 0.2) is 236 Å². The maximum absolute atomic E-state index is 5.59. The molecule has 0 amide bonds. The van der Waals surface area contributed by atoms with Gasteiger partial charge in [0, 0.05) is 48.5 Å². The van der Waals surface area contributed by atoms with Crippen LogP contribution in [-0.4, -0.2) is 24.8 Å². The van der Waals surface area contributed by atoms with Crippen molar-refractivity contribution in [3.63, 3.8) is 0 Å². The first-order chi connectivity index (χ1) is 35.2. The molecule has 6 nitrogen and oxygen atoms in total. The van der Waals surface area contributed by atoms with Crippen molar-refractivity contribution in [2.24, 2.45) is 4.99 Å². The van der Waals surface area contributed by atoms with E-state index in [0.717, 1.165) is 88.0 Å². The van der Waals surface area contributed by atoms with Crippen LogP contribution in [0.5, 0.6) is 0 Å². The largest absolute Gasteiger partial charge is 0.345 e. The summed E-state index contributed by atoms with van der Waals surface area (Å²) in [5.41, 5.74) is 14.9. The molecule has 1 aliphatic heterocycles. The fourth-order valence-electron chi connectivity index (χ4n) is 11.0. The van der Waals surface area contributed by atoms with E-state index in [0.29, 0.717) is 5.95 Å². The molecule has 0 radical (unpaired) electrons. The Kier molecular flexibility index (Phi) is 8.79. The fraction of sp³-hybridized carbons (Fsp3) is 0.0156. The number of aromatic nitrogens is 4. The summed E-state index contributed by atoms with van der Waals surface area (Å²) in [6, 6.07) is 82.7. The van der Waals surface area contributed by atoms with E-state index in [2.05, 4.69) is 245 Å². The summed E-state index contributed by atoms with van der Waals surface area (Å²) in [6.45, 7) is 0. The number of anilines is 1. The Morgan fingerprint density at radius 1 is 0.408 bits per heavy atom. The van der Waals surface area contributed by atoms with Gasteiger partial charge in [0.2, 0.25) is 12.2 Å². The second-order valence-electron chi connectivity index (χ2n) is 18.4. The van der Waals surface area contributed by atoms with Gasteiger partial charge >= 0.3 is 0 Å². The lowest BCUT2D eigenvalue weighted by Crippen LogP contribution is -2.25. The van der Waals surface area contributed by atoms with Crippen LogP contribution in [0.1, 0.15) is 17.4 Å². The lowest BCUT2D eigenvalue weighted by atomic mass is 9.95. The molecule has 0 saturated carbocycles. The zero-order valence-corrected chi connectivity index (χ0v) is 39.0. The molecule has 332 valence electrons. The maximum Gasteiger partial charge on any atom is 0.235 e. The predicted octanol–water partition coefficient (Wildman–Crippen LogP) is 16.6. The summed E-state index contributed by atoms with van der Waals surface area (Å²) in [7, 11) is 0. The van der Waals surface area contributed by atoms with E-state index < -0.39 is 6.29 Å². The first-order valence-electron chi connectivity index (χ1n) is 24.0. The summed E-state index contributed by atoms with van der Waals surface area (Å²) in [5.74, 6) is 0.646. The molecule has 1 aliphatic rings. The molecule has 1 N–H and O–H groups in total. The second-order valence-corrected chi connectivity index (χ2v) is 19.5. The number of benzene rings is 10. The van der Waals surface area contributed by atoms with Crippen LogP contribution in [-0.2, 0) is 0 Å². The van der Waals surface area contributed by atoms with Crippen molar-refractivity contribution in [2.75, 3.05) is 5.32 Å². The molecule has 0 spiro atoms. The average molecular weight is 925 g/mol. The van der Waals surface area contributed by atoms with E-state index in [1.54, 1.807) is 11.3 Å². The Balaban J connectivity index is 0.936. The van der Waals surface area contributed by atoms with Crippen LogP contribution in [0.2, 0.25) is 0 Å². The minimum Gasteiger partial charge on any atom is -0.345 e. The SMILES string of the molecule is c1ccc(C2=NC(n3c4ccccc4c4ccc(-c5ccc6c(c5)c5cc7ccccc7cc5n6-c5nc(-c6ccccc6)c6sc(-c7ccccc7)cc6n5)cc43)Nc3c2ccc2ccccc32)cc1. The molecule has 5 heterocycles. The Bertz CT molecular complexity index is 4490. The van der Waals surface area contributed by atoms with E-state index in [9.17, 15) is 0 Å². The highest BCUT2D eigenvalue weighted by molar-refractivity contribution is 7.22. The topological polar surface area (TPSA) is 60.0 Å². The van der Waals surface area contributed by atoms with Gasteiger partial charge in [0.05, 0.1) is 49.4 Å². The van der Waals surface area contributed by atoms with Crippen LogP contribution in [0.4, 0.5) is 5.69 Å². The van der Waals surface area contributed by atoms with Crippen LogP contribution in [0.25, 0.3) is 114 Å². The Labute approximate surface area is 412 Å². The highest BCUT2D eigenvalue weighted by atomic mass is 32.1. The number of fused-ring (bicyclic) bond motifs is 11. The number of thiophene rings is 1. The van der Waals surface area contributed by atoms with Crippen LogP contribution < -0.4 is 5.32 Å². The molecule has 0 aliphatic carbocycles. The summed E-state index contributed by atoms with van der Waals surface area (Å²) < 4.78 is 5.74. The van der Waals surface area contributed by atoms with E-state index >= 15 is 0 Å². The molecule has 71 heavy (non-hydrogen) atoms. The van der Waals surface area contributed by atoms with Gasteiger partial charge in [0.25, 0.3) is 0 Å². The van der Waals surface area contributed by atoms with Gasteiger partial charge in [-0.15, -0.1) is 11.3 Å². The minimum atomic E-state index is -0.417. The van der Waals surface area contributed by atoms with Crippen molar-refractivity contribution in [1.29, 1.82) is 0 Å². The van der Waals surface area contributed by atoms with Crippen molar-refractivity contribution in [1.82, 2.24) is 19.1 Å². The number of nitrogens with zero attached hydrogens (tertiary/aromatic N) is 5. The summed E-state index contributed by atoms with van der Waals surface area (Å²) >= 11 is 1.75. The van der Waals surface area contributed by atoms with Crippen molar-refractivity contribution >= 4 is 98.1 Å². The third-order valence-electron chi connectivity index (χ3n) is 14.3. The van der Waals surface area contributed by atoms with Gasteiger partial charge in [-0.1, -0.05) is 188 Å². The van der Waals surface area contributed by atoms with Crippen molar-refractivity contribution in [3.8, 4) is 38.8 Å². The van der Waals surface area contributed by atoms with Crippen molar-refractivity contribution < 1.29 is 0 Å². The third-order valence-corrected chi connectivity index (χ3v) is 15.5. The molecule has 15 rings (SSSR count). The fourth-order valence-corrected chi connectivity index (χ4v) is 12.1. The van der Waals surface area contributed by atoms with Gasteiger partial charge < -0.3 is 9.88 Å². The molecule has 4 aromatic heterocycles. The number of nitrogens with one attached hydrogen (secondary N) is 1. The smallest absolute Gasteiger partial charge is 0.235 e. The molecule has 0 fully saturated rings. The zero-order valence-electron chi connectivity index (χ0n) is 38.2. The van der Waals surface area contributed by atoms with Crippen LogP contribution in [0, 0.1) is 0 Å². The number of hydrogen-bond donors (Lipinski definition) is 1. The van der Waals surface area contributed by atoms with E-state index in [1.165, 1.54) is 42.8 Å². The van der Waals surface area contributed by atoms with Gasteiger partial charge in [-0.2, -0.15) is 0 Å². The minimum absolute atomic E-state index is 0.417. The normalized spacial score (nSPS) is 13.7. The van der Waals surface area contributed by atoms with Gasteiger partial charge in [-0.25, -0.2) is 15.0 Å². The molecule has 1 atom stereocenters. The highest BCUT2D eigenvalue weighted by Crippen LogP contribution is 2.44. The first-order valence-corrected chi connectivity index (χ1v) is 24.8. The number of hydrogen-bond acceptors (Lipinski definition) is 5. The maximum atomic E-state index is 5.59. The standard InChI is InChI=1S/C64H40N6S/c1-4-17-40(18-5-1)58-38-53-62(71-58)60(42-21-8-3-9-22-42)67-63(65-53)70-55-33-30-45(35-51(55)52-34-43-23-10-11-24-44(43)36-57(52)70)46-29-31-49-48-26-14-15-27-54(48)69(56(49)37-46)64-66-59(41-19-6-2-7-20-41)50-32-28-39-16-12-13-25-47(39)61(50)68-64/h1-38,64,68H. The lowest BCUT2D eigenvalue weighted by molar-refractivity contribution is 0.625. The van der Waals surface area contributed by atoms with Crippen molar-refractivity contribution in [2.45, 2.75) is 6.29 Å². The second kappa shape index (κ2) is 15.7. The third kappa shape index (κ3) is 6.30. The Hall–Kier alpha value is -9.17. The number of rotatable bonds is 6. The summed E-state index contributed by atoms with van der Waals surface area (Å²) in [4.78, 5) is 17.7. The molecular weight excluding hydrogens is 885 g/mol. The molecule has 1 unspecified atom stereocenters. The quantitative estimate of drug-likeness (QED) is 0.181. The Morgan fingerprint density at radius 3 is 1.85 bits per heavy atom. The highest BCUT2D eigenvalue weighted by Gasteiger charge is 2.28. The molecule has 10 aromatic carbocycles. The summed E-state index contributed by atoms with van der Waals surface area (Å²) in [6.07, 6.45) is -0.417. The Morgan fingerprint density at radius 2 is 1.04 bits per heavy atom. The molecule has 0 bridgehead atoms. The number of para-hydroxylation sites is 1. The zero-order chi connectivity index (χ0) is 46.6. The first kappa shape index (κ1) is 39.8. The van der Waals surface area contributed by atoms with Gasteiger partial charge in [0.1, 0.15) is 0 Å². The lowest BCUT2D eigenvalue weighted by Gasteiger charge is -2.29. The van der Waals surface area contributed by atoms with E-state index in [4.69, 9.17) is 15.0 Å². The predicted molar refractivity (Wildman–Crippen MR) is 297 cm³/mol. The van der Waals surface area contributed by atoms with Crippen LogP contribution in [0.3, 0.4) is 0 Å². The summed E-state index contributed by atoms with van der Waals surface area (Å²) in [5, 5.41) is 13.3. The molecule has 0 saturated heterocycles. The van der Waals surface area contributed by atoms with Gasteiger partial charge in [-0.3, -0.25) is 4.57 Å². The molecule has 7 heteroatoms. The van der Waals surface area contributed by atoms with E-state index in [-0.39, 0.29) is 0 Å². The van der Waals surface area contributed by atoms with Gasteiger partial charge in [-0.05, 0) is 75.3 Å². The monoisotopic (exact) mass is 924 g/mol.